The predicted octanol–water partition coefficient (Wildman–Crippen LogP) is 3.45. The normalized spacial score (nSPS) is 19.9. The zero-order valence-electron chi connectivity index (χ0n) is 10.9. The van der Waals surface area contributed by atoms with Crippen molar-refractivity contribution in [3.8, 4) is 0 Å². The third-order valence-corrected chi connectivity index (χ3v) is 4.59. The molecule has 2 nitrogen and oxygen atoms in total. The third kappa shape index (κ3) is 3.48. The monoisotopic (exact) mass is 303 g/mol. The van der Waals surface area contributed by atoms with Crippen LogP contribution >= 0.6 is 11.8 Å². The van der Waals surface area contributed by atoms with E-state index in [0.29, 0.717) is 29.7 Å². The van der Waals surface area contributed by atoms with Gasteiger partial charge in [-0.1, -0.05) is 6.07 Å². The van der Waals surface area contributed by atoms with Gasteiger partial charge >= 0.3 is 6.18 Å². The summed E-state index contributed by atoms with van der Waals surface area (Å²) in [7, 11) is 0. The number of halogens is 3. The van der Waals surface area contributed by atoms with Crippen LogP contribution in [0, 0.1) is 0 Å². The number of hydrogen-bond acceptors (Lipinski definition) is 3. The van der Waals surface area contributed by atoms with Gasteiger partial charge in [0.2, 0.25) is 0 Å². The number of rotatable bonds is 5. The smallest absolute Gasteiger partial charge is 0.379 e. The van der Waals surface area contributed by atoms with Crippen molar-refractivity contribution in [3.63, 3.8) is 0 Å². The van der Waals surface area contributed by atoms with Crippen molar-refractivity contribution in [2.45, 2.75) is 41.7 Å². The zero-order chi connectivity index (χ0) is 14.2. The fourth-order valence-electron chi connectivity index (χ4n) is 2.06. The summed E-state index contributed by atoms with van der Waals surface area (Å²) in [6, 6.07) is 5.05. The molecule has 0 atom stereocenters. The maximum atomic E-state index is 13.1. The van der Waals surface area contributed by atoms with E-state index in [0.717, 1.165) is 12.8 Å². The van der Waals surface area contributed by atoms with E-state index in [2.05, 4.69) is 5.32 Å². The van der Waals surface area contributed by atoms with Crippen molar-refractivity contribution in [2.24, 2.45) is 0 Å². The Labute approximate surface area is 120 Å². The van der Waals surface area contributed by atoms with Gasteiger partial charge in [0, 0.05) is 17.5 Å². The van der Waals surface area contributed by atoms with Gasteiger partial charge in [-0.3, -0.25) is 0 Å². The van der Waals surface area contributed by atoms with Gasteiger partial charge in [0.1, 0.15) is 0 Å². The molecule has 3 rings (SSSR count). The molecule has 2 aliphatic rings. The summed E-state index contributed by atoms with van der Waals surface area (Å²) in [6.45, 7) is 1.53. The highest BCUT2D eigenvalue weighted by Gasteiger charge is 2.34. The summed E-state index contributed by atoms with van der Waals surface area (Å²) in [5.41, 5.74) is -0.186. The molecule has 1 aliphatic carbocycles. The topological polar surface area (TPSA) is 21.3 Å². The van der Waals surface area contributed by atoms with Gasteiger partial charge < -0.3 is 10.1 Å². The van der Waals surface area contributed by atoms with Crippen LogP contribution in [-0.4, -0.2) is 24.5 Å². The molecule has 0 bridgehead atoms. The largest absolute Gasteiger partial charge is 0.416 e. The minimum Gasteiger partial charge on any atom is -0.379 e. The first-order valence-electron chi connectivity index (χ1n) is 6.70. The molecule has 0 aromatic heterocycles. The van der Waals surface area contributed by atoms with Gasteiger partial charge in [0.05, 0.1) is 24.0 Å². The van der Waals surface area contributed by atoms with Gasteiger partial charge in [0.25, 0.3) is 0 Å². The predicted molar refractivity (Wildman–Crippen MR) is 71.8 cm³/mol. The number of hydrogen-bond donors (Lipinski definition) is 1. The van der Waals surface area contributed by atoms with Crippen LogP contribution in [-0.2, 0) is 17.5 Å². The molecule has 0 spiro atoms. The lowest BCUT2D eigenvalue weighted by Crippen LogP contribution is -2.30. The van der Waals surface area contributed by atoms with Crippen molar-refractivity contribution in [3.05, 3.63) is 29.3 Å². The van der Waals surface area contributed by atoms with Crippen molar-refractivity contribution in [1.29, 1.82) is 0 Å². The van der Waals surface area contributed by atoms with E-state index in [1.165, 1.54) is 17.8 Å². The Balaban J connectivity index is 1.76. The summed E-state index contributed by atoms with van der Waals surface area (Å²) in [5, 5.41) is 3.42. The molecule has 1 saturated carbocycles. The summed E-state index contributed by atoms with van der Waals surface area (Å²) < 4.78 is 44.5. The van der Waals surface area contributed by atoms with Gasteiger partial charge in [-0.25, -0.2) is 0 Å². The lowest BCUT2D eigenvalue weighted by Gasteiger charge is -2.25. The van der Waals surface area contributed by atoms with Crippen LogP contribution in [0.5, 0.6) is 0 Å². The molecular weight excluding hydrogens is 287 g/mol. The van der Waals surface area contributed by atoms with Crippen LogP contribution in [0.15, 0.2) is 23.1 Å². The molecule has 1 N–H and O–H groups in total. The van der Waals surface area contributed by atoms with E-state index in [1.54, 1.807) is 12.1 Å². The fourth-order valence-corrected chi connectivity index (χ4v) is 3.11. The SMILES string of the molecule is FC(F)(F)c1cc(SC2COC2)ccc1CNC1CC1. The standard InChI is InChI=1S/C14H16F3NOS/c15-14(16,17)13-5-11(20-12-7-19-8-12)4-1-9(13)6-18-10-2-3-10/h1,4-5,10,12,18H,2-3,6-8H2. The highest BCUT2D eigenvalue weighted by Crippen LogP contribution is 2.37. The molecule has 1 heterocycles. The molecule has 0 unspecified atom stereocenters. The van der Waals surface area contributed by atoms with Crippen LogP contribution in [0.2, 0.25) is 0 Å². The Morgan fingerprint density at radius 1 is 1.25 bits per heavy atom. The van der Waals surface area contributed by atoms with Gasteiger partial charge in [0.15, 0.2) is 0 Å². The molecule has 110 valence electrons. The Bertz CT molecular complexity index is 484. The molecule has 0 radical (unpaired) electrons. The first-order chi connectivity index (χ1) is 9.52. The first-order valence-corrected chi connectivity index (χ1v) is 7.58. The van der Waals surface area contributed by atoms with Gasteiger partial charge in [-0.15, -0.1) is 11.8 Å². The first kappa shape index (κ1) is 14.2. The second-order valence-corrected chi connectivity index (χ2v) is 6.62. The number of ether oxygens (including phenoxy) is 1. The average Bonchev–Trinajstić information content (AvgIpc) is 3.14. The minimum atomic E-state index is -4.30. The summed E-state index contributed by atoms with van der Waals surface area (Å²) >= 11 is 1.46. The third-order valence-electron chi connectivity index (χ3n) is 3.46. The number of thioether (sulfide) groups is 1. The maximum Gasteiger partial charge on any atom is 0.416 e. The van der Waals surface area contributed by atoms with E-state index in [1.807, 2.05) is 0 Å². The summed E-state index contributed by atoms with van der Waals surface area (Å²) in [4.78, 5) is 0.667. The molecule has 2 fully saturated rings. The fraction of sp³-hybridized carbons (Fsp3) is 0.571. The van der Waals surface area contributed by atoms with E-state index in [4.69, 9.17) is 4.74 Å². The van der Waals surface area contributed by atoms with E-state index in [9.17, 15) is 13.2 Å². The van der Waals surface area contributed by atoms with Gasteiger partial charge in [-0.05, 0) is 30.5 Å². The molecule has 1 aromatic carbocycles. The van der Waals surface area contributed by atoms with E-state index >= 15 is 0 Å². The summed E-state index contributed by atoms with van der Waals surface area (Å²) in [6.07, 6.45) is -2.17. The molecule has 20 heavy (non-hydrogen) atoms. The van der Waals surface area contributed by atoms with E-state index < -0.39 is 11.7 Å². The van der Waals surface area contributed by atoms with Crippen molar-refractivity contribution in [1.82, 2.24) is 5.32 Å². The molecular formula is C14H16F3NOS. The van der Waals surface area contributed by atoms with Crippen LogP contribution in [0.1, 0.15) is 24.0 Å². The minimum absolute atomic E-state index is 0.284. The number of benzene rings is 1. The second kappa shape index (κ2) is 5.58. The van der Waals surface area contributed by atoms with Crippen LogP contribution in [0.3, 0.4) is 0 Å². The molecule has 1 aliphatic heterocycles. The van der Waals surface area contributed by atoms with Crippen molar-refractivity contribution in [2.75, 3.05) is 13.2 Å². The highest BCUT2D eigenvalue weighted by molar-refractivity contribution is 8.00. The molecule has 1 saturated heterocycles. The Hall–Kier alpha value is -0.720. The van der Waals surface area contributed by atoms with Crippen molar-refractivity contribution < 1.29 is 17.9 Å². The van der Waals surface area contributed by atoms with E-state index in [-0.39, 0.29) is 11.8 Å². The quantitative estimate of drug-likeness (QED) is 0.900. The van der Waals surface area contributed by atoms with Crippen LogP contribution in [0.25, 0.3) is 0 Å². The summed E-state index contributed by atoms with van der Waals surface area (Å²) in [5.74, 6) is 0. The Morgan fingerprint density at radius 2 is 2.00 bits per heavy atom. The van der Waals surface area contributed by atoms with Crippen LogP contribution in [0.4, 0.5) is 13.2 Å². The molecule has 0 amide bonds. The average molecular weight is 303 g/mol. The van der Waals surface area contributed by atoms with Crippen LogP contribution < -0.4 is 5.32 Å². The second-order valence-electron chi connectivity index (χ2n) is 5.25. The highest BCUT2D eigenvalue weighted by atomic mass is 32.2. The van der Waals surface area contributed by atoms with Crippen molar-refractivity contribution >= 4 is 11.8 Å². The Morgan fingerprint density at radius 3 is 2.55 bits per heavy atom. The lowest BCUT2D eigenvalue weighted by molar-refractivity contribution is -0.138. The molecule has 1 aromatic rings. The lowest BCUT2D eigenvalue weighted by atomic mass is 10.1. The van der Waals surface area contributed by atoms with Gasteiger partial charge in [-0.2, -0.15) is 13.2 Å². The number of alkyl halides is 3. The zero-order valence-corrected chi connectivity index (χ0v) is 11.7. The Kier molecular flexibility index (Phi) is 3.97. The molecule has 6 heteroatoms. The maximum absolute atomic E-state index is 13.1. The number of nitrogens with one attached hydrogen (secondary N) is 1.